The lowest BCUT2D eigenvalue weighted by Crippen LogP contribution is -2.31. The van der Waals surface area contributed by atoms with Crippen LogP contribution < -0.4 is 4.72 Å². The Kier molecular flexibility index (Phi) is 4.65. The van der Waals surface area contributed by atoms with Gasteiger partial charge >= 0.3 is 0 Å². The van der Waals surface area contributed by atoms with Crippen molar-refractivity contribution in [2.45, 2.75) is 24.8 Å². The summed E-state index contributed by atoms with van der Waals surface area (Å²) < 4.78 is 33.0. The molecular formula is C16H19NO3S. The molecule has 1 N–H and O–H groups in total. The van der Waals surface area contributed by atoms with Gasteiger partial charge in [0.15, 0.2) is 0 Å². The number of furan rings is 1. The van der Waals surface area contributed by atoms with E-state index in [-0.39, 0.29) is 10.8 Å². The molecule has 5 heteroatoms. The van der Waals surface area contributed by atoms with Gasteiger partial charge in [-0.05, 0) is 37.1 Å². The van der Waals surface area contributed by atoms with Crippen molar-refractivity contribution >= 4 is 10.0 Å². The number of rotatable bonds is 6. The van der Waals surface area contributed by atoms with E-state index in [1.54, 1.807) is 42.5 Å². The van der Waals surface area contributed by atoms with E-state index in [2.05, 4.69) is 11.3 Å². The number of hydrogen-bond acceptors (Lipinski definition) is 3. The Morgan fingerprint density at radius 3 is 2.43 bits per heavy atom. The summed E-state index contributed by atoms with van der Waals surface area (Å²) in [6, 6.07) is 9.73. The van der Waals surface area contributed by atoms with Crippen LogP contribution in [0, 0.1) is 12.8 Å². The van der Waals surface area contributed by atoms with Crippen molar-refractivity contribution in [3.05, 3.63) is 66.6 Å². The summed E-state index contributed by atoms with van der Waals surface area (Å²) in [5.74, 6) is 0.467. The van der Waals surface area contributed by atoms with Gasteiger partial charge in [0.25, 0.3) is 0 Å². The van der Waals surface area contributed by atoms with Crippen LogP contribution in [0.4, 0.5) is 0 Å². The van der Waals surface area contributed by atoms with Gasteiger partial charge in [0, 0.05) is 0 Å². The second-order valence-electron chi connectivity index (χ2n) is 5.02. The third-order valence-electron chi connectivity index (χ3n) is 3.36. The van der Waals surface area contributed by atoms with E-state index >= 15 is 0 Å². The zero-order valence-corrected chi connectivity index (χ0v) is 12.9. The van der Waals surface area contributed by atoms with Gasteiger partial charge in [-0.2, -0.15) is 4.72 Å². The van der Waals surface area contributed by atoms with Crippen LogP contribution in [0.1, 0.15) is 24.3 Å². The second kappa shape index (κ2) is 6.28. The smallest absolute Gasteiger partial charge is 0.241 e. The molecule has 0 saturated heterocycles. The Morgan fingerprint density at radius 1 is 1.24 bits per heavy atom. The molecule has 0 aliphatic heterocycles. The van der Waals surface area contributed by atoms with E-state index in [0.717, 1.165) is 5.56 Å². The van der Waals surface area contributed by atoms with Crippen molar-refractivity contribution in [3.8, 4) is 0 Å². The molecule has 4 nitrogen and oxygen atoms in total. The Labute approximate surface area is 125 Å². The molecule has 0 aliphatic carbocycles. The minimum Gasteiger partial charge on any atom is -0.468 e. The fourth-order valence-corrected chi connectivity index (χ4v) is 3.28. The SMILES string of the molecule is C=C[C@H](C)[C@H](NS(=O)(=O)c1ccc(C)cc1)c1ccco1. The number of hydrogen-bond donors (Lipinski definition) is 1. The Balaban J connectivity index is 2.31. The zero-order valence-electron chi connectivity index (χ0n) is 12.1. The van der Waals surface area contributed by atoms with Crippen molar-refractivity contribution in [3.63, 3.8) is 0 Å². The van der Waals surface area contributed by atoms with Crippen LogP contribution in [0.2, 0.25) is 0 Å². The lowest BCUT2D eigenvalue weighted by Gasteiger charge is -2.20. The highest BCUT2D eigenvalue weighted by molar-refractivity contribution is 7.89. The predicted octanol–water partition coefficient (Wildman–Crippen LogP) is 3.43. The highest BCUT2D eigenvalue weighted by Gasteiger charge is 2.26. The maximum Gasteiger partial charge on any atom is 0.241 e. The Morgan fingerprint density at radius 2 is 1.90 bits per heavy atom. The largest absolute Gasteiger partial charge is 0.468 e. The summed E-state index contributed by atoms with van der Waals surface area (Å²) in [7, 11) is -3.62. The molecule has 0 unspecified atom stereocenters. The molecule has 2 rings (SSSR count). The zero-order chi connectivity index (χ0) is 15.5. The number of aryl methyl sites for hydroxylation is 1. The third kappa shape index (κ3) is 3.62. The van der Waals surface area contributed by atoms with Gasteiger partial charge in [-0.15, -0.1) is 6.58 Å². The number of benzene rings is 1. The molecular weight excluding hydrogens is 286 g/mol. The quantitative estimate of drug-likeness (QED) is 0.832. The molecule has 0 bridgehead atoms. The van der Waals surface area contributed by atoms with E-state index in [4.69, 9.17) is 4.42 Å². The van der Waals surface area contributed by atoms with Gasteiger partial charge in [-0.1, -0.05) is 30.7 Å². The maximum absolute atomic E-state index is 12.5. The molecule has 21 heavy (non-hydrogen) atoms. The molecule has 0 fully saturated rings. The summed E-state index contributed by atoms with van der Waals surface area (Å²) in [5.41, 5.74) is 1.01. The first kappa shape index (κ1) is 15.5. The molecule has 112 valence electrons. The third-order valence-corrected chi connectivity index (χ3v) is 4.82. The topological polar surface area (TPSA) is 59.3 Å². The molecule has 0 spiro atoms. The number of sulfonamides is 1. The van der Waals surface area contributed by atoms with Crippen LogP contribution in [0.5, 0.6) is 0 Å². The van der Waals surface area contributed by atoms with Crippen molar-refractivity contribution in [1.29, 1.82) is 0 Å². The first-order chi connectivity index (χ1) is 9.94. The van der Waals surface area contributed by atoms with Crippen LogP contribution in [0.15, 0.2) is 64.6 Å². The minimum atomic E-state index is -3.62. The normalized spacial score (nSPS) is 14.6. The fraction of sp³-hybridized carbons (Fsp3) is 0.250. The van der Waals surface area contributed by atoms with Crippen molar-refractivity contribution in [2.75, 3.05) is 0 Å². The van der Waals surface area contributed by atoms with Crippen molar-refractivity contribution < 1.29 is 12.8 Å². The monoisotopic (exact) mass is 305 g/mol. The van der Waals surface area contributed by atoms with E-state index in [1.165, 1.54) is 6.26 Å². The Hall–Kier alpha value is -1.85. The standard InChI is InChI=1S/C16H19NO3S/c1-4-13(3)16(15-6-5-11-20-15)17-21(18,19)14-9-7-12(2)8-10-14/h4-11,13,16-17H,1H2,2-3H3/t13-,16-/m0/s1. The summed E-state index contributed by atoms with van der Waals surface area (Å²) in [5, 5.41) is 0. The summed E-state index contributed by atoms with van der Waals surface area (Å²) >= 11 is 0. The van der Waals surface area contributed by atoms with Gasteiger partial charge in [-0.25, -0.2) is 8.42 Å². The van der Waals surface area contributed by atoms with Gasteiger partial charge in [0.1, 0.15) is 5.76 Å². The first-order valence-corrected chi connectivity index (χ1v) is 8.17. The van der Waals surface area contributed by atoms with E-state index in [9.17, 15) is 8.42 Å². The molecule has 0 saturated carbocycles. The molecule has 1 heterocycles. The van der Waals surface area contributed by atoms with Crippen molar-refractivity contribution in [2.24, 2.45) is 5.92 Å². The molecule has 2 atom stereocenters. The van der Waals surface area contributed by atoms with Crippen molar-refractivity contribution in [1.82, 2.24) is 4.72 Å². The average Bonchev–Trinajstić information content (AvgIpc) is 2.98. The highest BCUT2D eigenvalue weighted by atomic mass is 32.2. The fourth-order valence-electron chi connectivity index (χ4n) is 1.98. The molecule has 1 aromatic carbocycles. The van der Waals surface area contributed by atoms with Gasteiger partial charge in [-0.3, -0.25) is 0 Å². The molecule has 0 amide bonds. The predicted molar refractivity (Wildman–Crippen MR) is 82.3 cm³/mol. The highest BCUT2D eigenvalue weighted by Crippen LogP contribution is 2.25. The molecule has 0 radical (unpaired) electrons. The van der Waals surface area contributed by atoms with E-state index in [1.807, 2.05) is 13.8 Å². The molecule has 2 aromatic rings. The average molecular weight is 305 g/mol. The molecule has 1 aromatic heterocycles. The summed E-state index contributed by atoms with van der Waals surface area (Å²) in [6.07, 6.45) is 3.23. The van der Waals surface area contributed by atoms with Crippen LogP contribution in [0.3, 0.4) is 0 Å². The molecule has 0 aliphatic rings. The second-order valence-corrected chi connectivity index (χ2v) is 6.74. The van der Waals surface area contributed by atoms with Gasteiger partial charge in [0.2, 0.25) is 10.0 Å². The Bertz CT molecular complexity index is 688. The minimum absolute atomic E-state index is 0.101. The van der Waals surface area contributed by atoms with Crippen LogP contribution >= 0.6 is 0 Å². The lowest BCUT2D eigenvalue weighted by molar-refractivity contribution is 0.398. The first-order valence-electron chi connectivity index (χ1n) is 6.69. The maximum atomic E-state index is 12.5. The van der Waals surface area contributed by atoms with Gasteiger partial charge in [0.05, 0.1) is 17.2 Å². The van der Waals surface area contributed by atoms with Crippen LogP contribution in [-0.4, -0.2) is 8.42 Å². The summed E-state index contributed by atoms with van der Waals surface area (Å²) in [6.45, 7) is 7.53. The van der Waals surface area contributed by atoms with Crippen LogP contribution in [-0.2, 0) is 10.0 Å². The van der Waals surface area contributed by atoms with E-state index in [0.29, 0.717) is 5.76 Å². The van der Waals surface area contributed by atoms with Gasteiger partial charge < -0.3 is 4.42 Å². The summed E-state index contributed by atoms with van der Waals surface area (Å²) in [4.78, 5) is 0.237. The van der Waals surface area contributed by atoms with Crippen LogP contribution in [0.25, 0.3) is 0 Å². The number of nitrogens with one attached hydrogen (secondary N) is 1. The van der Waals surface area contributed by atoms with E-state index < -0.39 is 16.1 Å². The lowest BCUT2D eigenvalue weighted by atomic mass is 10.0.